The molecule has 1 aromatic rings. The molecule has 4 nitrogen and oxygen atoms in total. The molecule has 1 saturated heterocycles. The number of hydrogen-bond donors (Lipinski definition) is 1. The molecule has 4 heteroatoms. The molecule has 1 aliphatic heterocycles. The Morgan fingerprint density at radius 1 is 1.32 bits per heavy atom. The van der Waals surface area contributed by atoms with Crippen molar-refractivity contribution in [3.05, 3.63) is 23.5 Å². The molecule has 0 saturated carbocycles. The van der Waals surface area contributed by atoms with Crippen molar-refractivity contribution >= 4 is 0 Å². The minimum absolute atomic E-state index is 0.612. The van der Waals surface area contributed by atoms with Crippen molar-refractivity contribution in [3.63, 3.8) is 0 Å². The molecule has 0 radical (unpaired) electrons. The Morgan fingerprint density at radius 3 is 2.84 bits per heavy atom. The predicted molar refractivity (Wildman–Crippen MR) is 77.5 cm³/mol. The minimum atomic E-state index is 0.612. The van der Waals surface area contributed by atoms with E-state index in [9.17, 15) is 0 Å². The lowest BCUT2D eigenvalue weighted by atomic mass is 10.2. The van der Waals surface area contributed by atoms with Crippen LogP contribution in [-0.4, -0.2) is 42.7 Å². The van der Waals surface area contributed by atoms with Gasteiger partial charge in [0, 0.05) is 18.7 Å². The zero-order valence-corrected chi connectivity index (χ0v) is 11.9. The standard InChI is InChI=1S/C15H25N3O/c1-13-5-6-15(14(17-13)7-8-16)19-12-4-11-18-9-2-3-10-18/h5-6H,2-4,7-12,16H2,1H3. The molecule has 0 atom stereocenters. The van der Waals surface area contributed by atoms with Crippen LogP contribution >= 0.6 is 0 Å². The average Bonchev–Trinajstić information content (AvgIpc) is 2.90. The summed E-state index contributed by atoms with van der Waals surface area (Å²) in [7, 11) is 0. The van der Waals surface area contributed by atoms with Crippen LogP contribution in [0, 0.1) is 6.92 Å². The normalized spacial score (nSPS) is 15.9. The zero-order valence-electron chi connectivity index (χ0n) is 11.9. The van der Waals surface area contributed by atoms with E-state index in [1.54, 1.807) is 0 Å². The second-order valence-electron chi connectivity index (χ2n) is 5.19. The van der Waals surface area contributed by atoms with E-state index in [1.807, 2.05) is 19.1 Å². The Bertz CT molecular complexity index is 389. The first kappa shape index (κ1) is 14.3. The van der Waals surface area contributed by atoms with Gasteiger partial charge in [-0.05, 0) is 58.0 Å². The first-order valence-electron chi connectivity index (χ1n) is 7.31. The summed E-state index contributed by atoms with van der Waals surface area (Å²) in [4.78, 5) is 7.02. The molecule has 0 spiro atoms. The minimum Gasteiger partial charge on any atom is -0.492 e. The second-order valence-corrected chi connectivity index (χ2v) is 5.19. The Hall–Kier alpha value is -1.13. The number of likely N-dealkylation sites (tertiary alicyclic amines) is 1. The zero-order chi connectivity index (χ0) is 13.5. The smallest absolute Gasteiger partial charge is 0.140 e. The summed E-state index contributed by atoms with van der Waals surface area (Å²) < 4.78 is 5.86. The highest BCUT2D eigenvalue weighted by molar-refractivity contribution is 5.29. The third-order valence-electron chi connectivity index (χ3n) is 3.53. The SMILES string of the molecule is Cc1ccc(OCCCN2CCCC2)c(CCN)n1. The van der Waals surface area contributed by atoms with Gasteiger partial charge in [-0.3, -0.25) is 4.98 Å². The Labute approximate surface area is 116 Å². The summed E-state index contributed by atoms with van der Waals surface area (Å²) in [6.45, 7) is 7.02. The average molecular weight is 263 g/mol. The molecule has 1 aliphatic rings. The van der Waals surface area contributed by atoms with Gasteiger partial charge in [0.05, 0.1) is 12.3 Å². The lowest BCUT2D eigenvalue weighted by molar-refractivity contribution is 0.261. The number of rotatable bonds is 7. The molecule has 0 amide bonds. The van der Waals surface area contributed by atoms with Gasteiger partial charge in [-0.1, -0.05) is 0 Å². The van der Waals surface area contributed by atoms with Crippen molar-refractivity contribution in [2.75, 3.05) is 32.8 Å². The van der Waals surface area contributed by atoms with Gasteiger partial charge < -0.3 is 15.4 Å². The van der Waals surface area contributed by atoms with Crippen LogP contribution in [0.1, 0.15) is 30.7 Å². The largest absolute Gasteiger partial charge is 0.492 e. The summed E-state index contributed by atoms with van der Waals surface area (Å²) in [6.07, 6.45) is 4.56. The topological polar surface area (TPSA) is 51.4 Å². The van der Waals surface area contributed by atoms with Crippen molar-refractivity contribution in [1.82, 2.24) is 9.88 Å². The van der Waals surface area contributed by atoms with Gasteiger partial charge in [0.15, 0.2) is 0 Å². The fraction of sp³-hybridized carbons (Fsp3) is 0.667. The fourth-order valence-corrected chi connectivity index (χ4v) is 2.52. The lowest BCUT2D eigenvalue weighted by Gasteiger charge is -2.15. The quantitative estimate of drug-likeness (QED) is 0.762. The monoisotopic (exact) mass is 263 g/mol. The van der Waals surface area contributed by atoms with Crippen LogP contribution in [0.4, 0.5) is 0 Å². The van der Waals surface area contributed by atoms with E-state index in [2.05, 4.69) is 9.88 Å². The molecular weight excluding hydrogens is 238 g/mol. The van der Waals surface area contributed by atoms with Gasteiger partial charge in [0.25, 0.3) is 0 Å². The van der Waals surface area contributed by atoms with Gasteiger partial charge >= 0.3 is 0 Å². The Balaban J connectivity index is 1.77. The number of hydrogen-bond acceptors (Lipinski definition) is 4. The molecule has 106 valence electrons. The molecule has 0 aliphatic carbocycles. The van der Waals surface area contributed by atoms with Crippen molar-refractivity contribution in [2.45, 2.75) is 32.6 Å². The number of pyridine rings is 1. The summed E-state index contributed by atoms with van der Waals surface area (Å²) in [5.41, 5.74) is 7.63. The Morgan fingerprint density at radius 2 is 2.11 bits per heavy atom. The molecule has 19 heavy (non-hydrogen) atoms. The van der Waals surface area contributed by atoms with Crippen LogP contribution in [0.3, 0.4) is 0 Å². The summed E-state index contributed by atoms with van der Waals surface area (Å²) in [5.74, 6) is 0.900. The predicted octanol–water partition coefficient (Wildman–Crippen LogP) is 1.76. The van der Waals surface area contributed by atoms with Crippen LogP contribution < -0.4 is 10.5 Å². The molecule has 0 aromatic carbocycles. The lowest BCUT2D eigenvalue weighted by Crippen LogP contribution is -2.22. The second kappa shape index (κ2) is 7.46. The van der Waals surface area contributed by atoms with Crippen LogP contribution in [0.5, 0.6) is 5.75 Å². The van der Waals surface area contributed by atoms with Gasteiger partial charge in [-0.15, -0.1) is 0 Å². The number of nitrogens with two attached hydrogens (primary N) is 1. The van der Waals surface area contributed by atoms with E-state index >= 15 is 0 Å². The third kappa shape index (κ3) is 4.48. The molecule has 2 heterocycles. The molecular formula is C15H25N3O. The molecule has 1 aromatic heterocycles. The van der Waals surface area contributed by atoms with E-state index in [0.717, 1.165) is 43.1 Å². The summed E-state index contributed by atoms with van der Waals surface area (Å²) in [5, 5.41) is 0. The van der Waals surface area contributed by atoms with E-state index in [4.69, 9.17) is 10.5 Å². The van der Waals surface area contributed by atoms with Crippen LogP contribution in [0.25, 0.3) is 0 Å². The Kier molecular flexibility index (Phi) is 5.61. The highest BCUT2D eigenvalue weighted by Gasteiger charge is 2.11. The number of ether oxygens (including phenoxy) is 1. The van der Waals surface area contributed by atoms with E-state index in [0.29, 0.717) is 6.54 Å². The number of aromatic nitrogens is 1. The van der Waals surface area contributed by atoms with Crippen molar-refractivity contribution in [1.29, 1.82) is 0 Å². The van der Waals surface area contributed by atoms with Gasteiger partial charge in [-0.25, -0.2) is 0 Å². The number of aryl methyl sites for hydroxylation is 1. The maximum Gasteiger partial charge on any atom is 0.140 e. The summed E-state index contributed by atoms with van der Waals surface area (Å²) >= 11 is 0. The maximum atomic E-state index is 5.86. The van der Waals surface area contributed by atoms with Crippen LogP contribution in [-0.2, 0) is 6.42 Å². The van der Waals surface area contributed by atoms with Gasteiger partial charge in [-0.2, -0.15) is 0 Å². The molecule has 2 rings (SSSR count). The van der Waals surface area contributed by atoms with Gasteiger partial charge in [0.1, 0.15) is 5.75 Å². The van der Waals surface area contributed by atoms with Crippen molar-refractivity contribution in [3.8, 4) is 5.75 Å². The summed E-state index contributed by atoms with van der Waals surface area (Å²) in [6, 6.07) is 4.01. The highest BCUT2D eigenvalue weighted by Crippen LogP contribution is 2.17. The molecule has 0 unspecified atom stereocenters. The van der Waals surface area contributed by atoms with E-state index < -0.39 is 0 Å². The fourth-order valence-electron chi connectivity index (χ4n) is 2.52. The maximum absolute atomic E-state index is 5.86. The highest BCUT2D eigenvalue weighted by atomic mass is 16.5. The van der Waals surface area contributed by atoms with Crippen LogP contribution in [0.2, 0.25) is 0 Å². The first-order valence-corrected chi connectivity index (χ1v) is 7.31. The third-order valence-corrected chi connectivity index (χ3v) is 3.53. The van der Waals surface area contributed by atoms with Crippen LogP contribution in [0.15, 0.2) is 12.1 Å². The van der Waals surface area contributed by atoms with E-state index in [1.165, 1.54) is 25.9 Å². The van der Waals surface area contributed by atoms with E-state index in [-0.39, 0.29) is 0 Å². The van der Waals surface area contributed by atoms with Gasteiger partial charge in [0.2, 0.25) is 0 Å². The van der Waals surface area contributed by atoms with Crippen molar-refractivity contribution < 1.29 is 4.74 Å². The first-order chi connectivity index (χ1) is 9.29. The molecule has 1 fully saturated rings. The van der Waals surface area contributed by atoms with Crippen molar-refractivity contribution in [2.24, 2.45) is 5.73 Å². The molecule has 2 N–H and O–H groups in total. The molecule has 0 bridgehead atoms. The number of nitrogens with zero attached hydrogens (tertiary/aromatic N) is 2.